The number of halogens is 3. The van der Waals surface area contributed by atoms with Gasteiger partial charge in [0.05, 0.1) is 31.9 Å². The number of methoxy groups -OCH3 is 2. The summed E-state index contributed by atoms with van der Waals surface area (Å²) < 4.78 is 35.0. The van der Waals surface area contributed by atoms with E-state index in [0.29, 0.717) is 0 Å². The molecule has 1 aromatic rings. The molecule has 0 unspecified atom stereocenters. The molecule has 7 heteroatoms. The molecule has 0 radical (unpaired) electrons. The first-order valence-electron chi connectivity index (χ1n) is 5.01. The topological polar surface area (TPSA) is 48.4 Å². The van der Waals surface area contributed by atoms with Crippen molar-refractivity contribution in [2.24, 2.45) is 0 Å². The molecule has 1 rings (SSSR count). The summed E-state index contributed by atoms with van der Waals surface area (Å²) in [6.07, 6.45) is -2.87. The van der Waals surface area contributed by atoms with E-state index in [4.69, 9.17) is 16.3 Å². The number of hydrogen-bond acceptors (Lipinski definition) is 4. The Labute approximate surface area is 108 Å². The molecule has 0 saturated heterocycles. The molecule has 4 nitrogen and oxygen atoms in total. The molecule has 0 bridgehead atoms. The van der Waals surface area contributed by atoms with Crippen LogP contribution >= 0.6 is 11.6 Å². The molecule has 0 saturated carbocycles. The quantitative estimate of drug-likeness (QED) is 0.614. The van der Waals surface area contributed by atoms with Crippen LogP contribution in [0.4, 0.5) is 8.78 Å². The van der Waals surface area contributed by atoms with E-state index in [1.54, 1.807) is 0 Å². The second kappa shape index (κ2) is 6.49. The van der Waals surface area contributed by atoms with Crippen molar-refractivity contribution in [1.82, 2.24) is 4.98 Å². The van der Waals surface area contributed by atoms with Crippen molar-refractivity contribution in [1.29, 1.82) is 0 Å². The lowest BCUT2D eigenvalue weighted by molar-refractivity contribution is -0.139. The van der Waals surface area contributed by atoms with Gasteiger partial charge in [-0.1, -0.05) is 0 Å². The van der Waals surface area contributed by atoms with Crippen LogP contribution in [0.2, 0.25) is 0 Å². The third kappa shape index (κ3) is 3.29. The smallest absolute Gasteiger partial charge is 0.311 e. The van der Waals surface area contributed by atoms with Crippen LogP contribution in [0.25, 0.3) is 0 Å². The Hall–Kier alpha value is -1.43. The Morgan fingerprint density at radius 1 is 1.50 bits per heavy atom. The number of nitrogens with zero attached hydrogens (tertiary/aromatic N) is 1. The summed E-state index contributed by atoms with van der Waals surface area (Å²) in [5.41, 5.74) is 0.122. The summed E-state index contributed by atoms with van der Waals surface area (Å²) in [5, 5.41) is 0. The third-order valence-corrected chi connectivity index (χ3v) is 2.56. The minimum absolute atomic E-state index is 0.118. The van der Waals surface area contributed by atoms with Gasteiger partial charge in [-0.15, -0.1) is 11.6 Å². The van der Waals surface area contributed by atoms with Crippen LogP contribution in [-0.4, -0.2) is 25.2 Å². The molecule has 18 heavy (non-hydrogen) atoms. The van der Waals surface area contributed by atoms with E-state index >= 15 is 0 Å². The number of alkyl halides is 3. The van der Waals surface area contributed by atoms with E-state index in [0.717, 1.165) is 0 Å². The number of pyridine rings is 1. The first kappa shape index (κ1) is 14.6. The van der Waals surface area contributed by atoms with Crippen LogP contribution in [0.3, 0.4) is 0 Å². The molecule has 0 amide bonds. The van der Waals surface area contributed by atoms with Gasteiger partial charge >= 0.3 is 5.97 Å². The maximum atomic E-state index is 12.9. The zero-order valence-corrected chi connectivity index (χ0v) is 10.6. The van der Waals surface area contributed by atoms with E-state index in [2.05, 4.69) is 9.72 Å². The van der Waals surface area contributed by atoms with Crippen molar-refractivity contribution in [3.63, 3.8) is 0 Å². The third-order valence-electron chi connectivity index (χ3n) is 2.27. The van der Waals surface area contributed by atoms with E-state index in [1.807, 2.05) is 0 Å². The highest BCUT2D eigenvalue weighted by Gasteiger charge is 2.21. The molecular formula is C11H12ClF2NO3. The first-order chi connectivity index (χ1) is 8.53. The average Bonchev–Trinajstić information content (AvgIpc) is 2.36. The molecule has 0 aliphatic heterocycles. The number of ether oxygens (including phenoxy) is 2. The van der Waals surface area contributed by atoms with Crippen LogP contribution in [0.5, 0.6) is 5.88 Å². The predicted molar refractivity (Wildman–Crippen MR) is 61.0 cm³/mol. The minimum atomic E-state index is -2.74. The monoisotopic (exact) mass is 279 g/mol. The predicted octanol–water partition coefficient (Wildman–Crippen LogP) is 2.48. The summed E-state index contributed by atoms with van der Waals surface area (Å²) >= 11 is 5.61. The lowest BCUT2D eigenvalue weighted by atomic mass is 10.1. The van der Waals surface area contributed by atoms with Gasteiger partial charge < -0.3 is 9.47 Å². The van der Waals surface area contributed by atoms with E-state index in [9.17, 15) is 13.6 Å². The fourth-order valence-electron chi connectivity index (χ4n) is 1.45. The molecule has 0 atom stereocenters. The highest BCUT2D eigenvalue weighted by molar-refractivity contribution is 6.17. The summed E-state index contributed by atoms with van der Waals surface area (Å²) in [4.78, 5) is 15.0. The van der Waals surface area contributed by atoms with E-state index in [1.165, 1.54) is 20.3 Å². The molecule has 0 N–H and O–H groups in total. The van der Waals surface area contributed by atoms with Crippen molar-refractivity contribution in [3.05, 3.63) is 22.9 Å². The lowest BCUT2D eigenvalue weighted by Crippen LogP contribution is -2.09. The summed E-state index contributed by atoms with van der Waals surface area (Å²) in [6.45, 7) is 0. The molecule has 100 valence electrons. The van der Waals surface area contributed by atoms with Crippen LogP contribution < -0.4 is 4.74 Å². The van der Waals surface area contributed by atoms with Crippen molar-refractivity contribution in [2.75, 3.05) is 14.2 Å². The summed E-state index contributed by atoms with van der Waals surface area (Å²) in [7, 11) is 2.46. The molecule has 0 fully saturated rings. The maximum absolute atomic E-state index is 12.9. The van der Waals surface area contributed by atoms with Gasteiger partial charge in [0.15, 0.2) is 0 Å². The van der Waals surface area contributed by atoms with Gasteiger partial charge in [-0.2, -0.15) is 0 Å². The summed E-state index contributed by atoms with van der Waals surface area (Å²) in [6, 6.07) is 1.36. The highest BCUT2D eigenvalue weighted by atomic mass is 35.5. The Bertz CT molecular complexity index is 415. The standard InChI is InChI=1S/C11H12ClF2NO3/c1-17-8(16)4-7-3-6(5-12)9(10(13)14)11(15-7)18-2/h3,10H,4-5H2,1-2H3. The van der Waals surface area contributed by atoms with Gasteiger partial charge in [0.2, 0.25) is 5.88 Å². The first-order valence-corrected chi connectivity index (χ1v) is 5.54. The minimum Gasteiger partial charge on any atom is -0.481 e. The van der Waals surface area contributed by atoms with Crippen LogP contribution in [0.1, 0.15) is 23.2 Å². The van der Waals surface area contributed by atoms with Gasteiger partial charge in [0, 0.05) is 5.88 Å². The van der Waals surface area contributed by atoms with Crippen LogP contribution in [0, 0.1) is 0 Å². The van der Waals surface area contributed by atoms with Gasteiger partial charge in [-0.25, -0.2) is 13.8 Å². The number of rotatable bonds is 5. The molecule has 0 spiro atoms. The normalized spacial score (nSPS) is 10.6. The molecule has 0 aliphatic rings. The Morgan fingerprint density at radius 3 is 2.61 bits per heavy atom. The van der Waals surface area contributed by atoms with Crippen LogP contribution in [0.15, 0.2) is 6.07 Å². The second-order valence-electron chi connectivity index (χ2n) is 3.38. The number of carbonyl (C=O) groups is 1. The van der Waals surface area contributed by atoms with Crippen molar-refractivity contribution in [3.8, 4) is 5.88 Å². The fourth-order valence-corrected chi connectivity index (χ4v) is 1.67. The zero-order valence-electron chi connectivity index (χ0n) is 9.87. The Morgan fingerprint density at radius 2 is 2.17 bits per heavy atom. The largest absolute Gasteiger partial charge is 0.481 e. The van der Waals surface area contributed by atoms with Gasteiger partial charge in [0.1, 0.15) is 0 Å². The van der Waals surface area contributed by atoms with Crippen molar-refractivity contribution >= 4 is 17.6 Å². The number of carbonyl (C=O) groups excluding carboxylic acids is 1. The Balaban J connectivity index is 3.21. The van der Waals surface area contributed by atoms with Gasteiger partial charge in [-0.05, 0) is 11.6 Å². The fraction of sp³-hybridized carbons (Fsp3) is 0.455. The maximum Gasteiger partial charge on any atom is 0.311 e. The Kier molecular flexibility index (Phi) is 5.27. The second-order valence-corrected chi connectivity index (χ2v) is 3.65. The van der Waals surface area contributed by atoms with Crippen molar-refractivity contribution < 1.29 is 23.0 Å². The van der Waals surface area contributed by atoms with Gasteiger partial charge in [-0.3, -0.25) is 4.79 Å². The van der Waals surface area contributed by atoms with E-state index in [-0.39, 0.29) is 35.0 Å². The van der Waals surface area contributed by atoms with E-state index < -0.39 is 12.4 Å². The molecule has 0 aliphatic carbocycles. The highest BCUT2D eigenvalue weighted by Crippen LogP contribution is 2.32. The average molecular weight is 280 g/mol. The molecular weight excluding hydrogens is 268 g/mol. The number of esters is 1. The lowest BCUT2D eigenvalue weighted by Gasteiger charge is -2.12. The zero-order chi connectivity index (χ0) is 13.7. The SMILES string of the molecule is COC(=O)Cc1cc(CCl)c(C(F)F)c(OC)n1. The van der Waals surface area contributed by atoms with Crippen LogP contribution in [-0.2, 0) is 21.8 Å². The number of aromatic nitrogens is 1. The molecule has 1 aromatic heterocycles. The molecule has 1 heterocycles. The molecule has 0 aromatic carbocycles. The number of hydrogen-bond donors (Lipinski definition) is 0. The summed E-state index contributed by atoms with van der Waals surface area (Å²) in [5.74, 6) is -0.857. The van der Waals surface area contributed by atoms with Gasteiger partial charge in [0.25, 0.3) is 6.43 Å². The van der Waals surface area contributed by atoms with Crippen molar-refractivity contribution in [2.45, 2.75) is 18.7 Å².